The third kappa shape index (κ3) is 3.42. The van der Waals surface area contributed by atoms with Crippen LogP contribution in [0.15, 0.2) is 52.0 Å². The molecule has 2 aromatic rings. The summed E-state index contributed by atoms with van der Waals surface area (Å²) in [6.45, 7) is 4.64. The van der Waals surface area contributed by atoms with E-state index in [-0.39, 0.29) is 0 Å². The molecule has 0 fully saturated rings. The summed E-state index contributed by atoms with van der Waals surface area (Å²) >= 11 is 1.88. The molecule has 2 heteroatoms. The summed E-state index contributed by atoms with van der Waals surface area (Å²) in [6, 6.07) is 13.7. The van der Waals surface area contributed by atoms with E-state index >= 15 is 0 Å². The van der Waals surface area contributed by atoms with Crippen molar-refractivity contribution in [3.8, 4) is 0 Å². The van der Waals surface area contributed by atoms with Crippen molar-refractivity contribution >= 4 is 45.7 Å². The molecule has 2 atom stereocenters. The van der Waals surface area contributed by atoms with Crippen molar-refractivity contribution in [1.82, 2.24) is 0 Å². The maximum absolute atomic E-state index is 3.73. The monoisotopic (exact) mass is 482 g/mol. The van der Waals surface area contributed by atoms with Crippen molar-refractivity contribution < 1.29 is 0 Å². The van der Waals surface area contributed by atoms with Gasteiger partial charge in [-0.25, -0.2) is 0 Å². The van der Waals surface area contributed by atoms with Gasteiger partial charge in [0.25, 0.3) is 0 Å². The summed E-state index contributed by atoms with van der Waals surface area (Å²) in [5.41, 5.74) is 9.10. The van der Waals surface area contributed by atoms with Gasteiger partial charge in [-0.1, -0.05) is 0 Å². The molecule has 0 heterocycles. The molecule has 0 spiro atoms. The molecule has 0 N–H and O–H groups in total. The van der Waals surface area contributed by atoms with Gasteiger partial charge in [-0.05, 0) is 0 Å². The summed E-state index contributed by atoms with van der Waals surface area (Å²) in [7, 11) is 0. The Balaban J connectivity index is 1.60. The SMILES string of the molecule is CC1=Cc2c(Br)cccc2C1CCC1C(C)=Cc2c1ccc[c]2[Ge]([CH3])([CH3])[CH3]. The van der Waals surface area contributed by atoms with E-state index in [1.807, 2.05) is 0 Å². The Kier molecular flexibility index (Phi) is 5.05. The average molecular weight is 482 g/mol. The molecule has 2 aromatic carbocycles. The molecule has 0 bridgehead atoms. The molecule has 140 valence electrons. The molecule has 0 aromatic heterocycles. The minimum atomic E-state index is -1.85. The van der Waals surface area contributed by atoms with Crippen molar-refractivity contribution in [1.29, 1.82) is 0 Å². The third-order valence-corrected chi connectivity index (χ3v) is 11.4. The number of rotatable bonds is 4. The molecular formula is C25H29BrGe. The van der Waals surface area contributed by atoms with Gasteiger partial charge in [-0.2, -0.15) is 0 Å². The molecular weight excluding hydrogens is 453 g/mol. The van der Waals surface area contributed by atoms with Gasteiger partial charge in [-0.15, -0.1) is 0 Å². The Bertz CT molecular complexity index is 959. The number of hydrogen-bond acceptors (Lipinski definition) is 0. The topological polar surface area (TPSA) is 0 Å². The van der Waals surface area contributed by atoms with Crippen LogP contribution >= 0.6 is 15.9 Å². The van der Waals surface area contributed by atoms with Crippen LogP contribution in [-0.2, 0) is 0 Å². The molecule has 0 amide bonds. The average Bonchev–Trinajstić information content (AvgIpc) is 3.09. The van der Waals surface area contributed by atoms with Crippen LogP contribution in [0.3, 0.4) is 0 Å². The molecule has 0 saturated heterocycles. The van der Waals surface area contributed by atoms with Crippen LogP contribution in [0, 0.1) is 0 Å². The van der Waals surface area contributed by atoms with E-state index in [2.05, 4.69) is 95.6 Å². The predicted octanol–water partition coefficient (Wildman–Crippen LogP) is 7.48. The van der Waals surface area contributed by atoms with E-state index in [0.717, 1.165) is 0 Å². The van der Waals surface area contributed by atoms with Crippen molar-refractivity contribution in [3.63, 3.8) is 0 Å². The zero-order chi connectivity index (χ0) is 19.3. The summed E-state index contributed by atoms with van der Waals surface area (Å²) < 4.78 is 2.89. The standard InChI is InChI=1S/C25H29BrGe/c1-16-14-22-20(8-6-10-24(22)26)18(16)12-13-19-17(2)15-23-21(19)9-7-11-25(23)27(3,4)5/h6-11,14-15,18-19H,12-13H2,1-5H3. The molecule has 27 heavy (non-hydrogen) atoms. The van der Waals surface area contributed by atoms with Gasteiger partial charge < -0.3 is 0 Å². The number of hydrogen-bond donors (Lipinski definition) is 0. The Labute approximate surface area is 175 Å². The molecule has 0 radical (unpaired) electrons. The summed E-state index contributed by atoms with van der Waals surface area (Å²) in [5, 5.41) is 0. The van der Waals surface area contributed by atoms with Crippen LogP contribution in [0.2, 0.25) is 17.3 Å². The van der Waals surface area contributed by atoms with Crippen molar-refractivity contribution in [2.75, 3.05) is 0 Å². The van der Waals surface area contributed by atoms with Gasteiger partial charge in [-0.3, -0.25) is 0 Å². The first-order valence-corrected chi connectivity index (χ1v) is 18.2. The van der Waals surface area contributed by atoms with E-state index in [0.29, 0.717) is 11.8 Å². The fourth-order valence-corrected chi connectivity index (χ4v) is 8.86. The number of benzene rings is 2. The Morgan fingerprint density at radius 3 is 1.89 bits per heavy atom. The normalized spacial score (nSPS) is 21.0. The van der Waals surface area contributed by atoms with E-state index in [1.165, 1.54) is 34.0 Å². The van der Waals surface area contributed by atoms with E-state index in [4.69, 9.17) is 0 Å². The van der Waals surface area contributed by atoms with Crippen LogP contribution in [-0.4, -0.2) is 13.3 Å². The van der Waals surface area contributed by atoms with Gasteiger partial charge in [0.15, 0.2) is 0 Å². The van der Waals surface area contributed by atoms with Crippen molar-refractivity contribution in [2.45, 2.75) is 55.8 Å². The fraction of sp³-hybridized carbons (Fsp3) is 0.360. The Morgan fingerprint density at radius 1 is 0.778 bits per heavy atom. The first-order chi connectivity index (χ1) is 12.8. The quantitative estimate of drug-likeness (QED) is 0.397. The first-order valence-electron chi connectivity index (χ1n) is 10.1. The number of halogens is 1. The third-order valence-electron chi connectivity index (χ3n) is 6.37. The van der Waals surface area contributed by atoms with Crippen LogP contribution in [0.5, 0.6) is 0 Å². The maximum atomic E-state index is 3.73. The van der Waals surface area contributed by atoms with Gasteiger partial charge >= 0.3 is 176 Å². The van der Waals surface area contributed by atoms with Gasteiger partial charge in [0.2, 0.25) is 0 Å². The summed E-state index contributed by atoms with van der Waals surface area (Å²) in [5.74, 6) is 8.68. The first kappa shape index (κ1) is 19.3. The van der Waals surface area contributed by atoms with E-state index in [1.54, 1.807) is 21.1 Å². The molecule has 4 rings (SSSR count). The van der Waals surface area contributed by atoms with Crippen molar-refractivity contribution in [3.05, 3.63) is 74.3 Å². The fourth-order valence-electron chi connectivity index (χ4n) is 4.96. The molecule has 2 aliphatic carbocycles. The second kappa shape index (κ2) is 7.08. The molecule has 0 nitrogen and oxygen atoms in total. The van der Waals surface area contributed by atoms with Gasteiger partial charge in [0.1, 0.15) is 0 Å². The second-order valence-corrected chi connectivity index (χ2v) is 20.7. The molecule has 0 aliphatic heterocycles. The Morgan fingerprint density at radius 2 is 1.30 bits per heavy atom. The number of allylic oxidation sites excluding steroid dienone is 2. The zero-order valence-corrected chi connectivity index (χ0v) is 20.7. The van der Waals surface area contributed by atoms with E-state index in [9.17, 15) is 0 Å². The number of fused-ring (bicyclic) bond motifs is 2. The second-order valence-electron chi connectivity index (χ2n) is 9.26. The summed E-state index contributed by atoms with van der Waals surface area (Å²) in [6.07, 6.45) is 7.33. The molecule has 2 aliphatic rings. The Hall–Kier alpha value is -1.06. The summed E-state index contributed by atoms with van der Waals surface area (Å²) in [4.78, 5) is 0. The van der Waals surface area contributed by atoms with Gasteiger partial charge in [0, 0.05) is 0 Å². The van der Waals surface area contributed by atoms with Crippen LogP contribution in [0.25, 0.3) is 12.2 Å². The molecule has 0 saturated carbocycles. The van der Waals surface area contributed by atoms with Crippen LogP contribution < -0.4 is 4.40 Å². The predicted molar refractivity (Wildman–Crippen MR) is 126 cm³/mol. The minimum absolute atomic E-state index is 0.567. The van der Waals surface area contributed by atoms with Crippen molar-refractivity contribution in [2.24, 2.45) is 0 Å². The van der Waals surface area contributed by atoms with Crippen LogP contribution in [0.1, 0.15) is 60.8 Å². The van der Waals surface area contributed by atoms with Gasteiger partial charge in [0.05, 0.1) is 0 Å². The van der Waals surface area contributed by atoms with Crippen LogP contribution in [0.4, 0.5) is 0 Å². The van der Waals surface area contributed by atoms with E-state index < -0.39 is 13.3 Å². The molecule has 2 unspecified atom stereocenters. The zero-order valence-electron chi connectivity index (χ0n) is 17.1.